The number of ether oxygens (including phenoxy) is 1. The quantitative estimate of drug-likeness (QED) is 0.851. The van der Waals surface area contributed by atoms with Crippen LogP contribution in [0.2, 0.25) is 0 Å². The van der Waals surface area contributed by atoms with Crippen LogP contribution < -0.4 is 10.1 Å². The van der Waals surface area contributed by atoms with Gasteiger partial charge in [0.2, 0.25) is 0 Å². The summed E-state index contributed by atoms with van der Waals surface area (Å²) in [6.07, 6.45) is 0.509. The molecule has 0 unspecified atom stereocenters. The van der Waals surface area contributed by atoms with Gasteiger partial charge in [-0.3, -0.25) is 0 Å². The summed E-state index contributed by atoms with van der Waals surface area (Å²) in [4.78, 5) is 0. The molecule has 2 rings (SSSR count). The fourth-order valence-electron chi connectivity index (χ4n) is 2.04. The lowest BCUT2D eigenvalue weighted by Crippen LogP contribution is -2.05. The van der Waals surface area contributed by atoms with Gasteiger partial charge in [-0.15, -0.1) is 0 Å². The van der Waals surface area contributed by atoms with Gasteiger partial charge in [0.15, 0.2) is 0 Å². The van der Waals surface area contributed by atoms with Gasteiger partial charge < -0.3 is 15.2 Å². The van der Waals surface area contributed by atoms with Crippen LogP contribution in [0.25, 0.3) is 0 Å². The lowest BCUT2D eigenvalue weighted by molar-refractivity contribution is 0.298. The van der Waals surface area contributed by atoms with E-state index in [0.29, 0.717) is 24.5 Å². The Kier molecular flexibility index (Phi) is 5.09. The molecule has 3 nitrogen and oxygen atoms in total. The Hall–Kier alpha value is -1.91. The number of hydrogen-bond acceptors (Lipinski definition) is 3. The number of halogens is 1. The first-order valence-electron chi connectivity index (χ1n) is 6.53. The van der Waals surface area contributed by atoms with E-state index in [0.717, 1.165) is 11.1 Å². The third-order valence-corrected chi connectivity index (χ3v) is 2.89. The first-order valence-corrected chi connectivity index (χ1v) is 6.53. The monoisotopic (exact) mass is 275 g/mol. The third-order valence-electron chi connectivity index (χ3n) is 2.89. The van der Waals surface area contributed by atoms with E-state index >= 15 is 0 Å². The summed E-state index contributed by atoms with van der Waals surface area (Å²) in [7, 11) is 1.81. The van der Waals surface area contributed by atoms with Gasteiger partial charge in [0, 0.05) is 19.2 Å². The highest BCUT2D eigenvalue weighted by Crippen LogP contribution is 2.27. The molecular formula is C16H18FNO2. The Morgan fingerprint density at radius 1 is 1.20 bits per heavy atom. The van der Waals surface area contributed by atoms with E-state index in [1.165, 1.54) is 12.1 Å². The fourth-order valence-corrected chi connectivity index (χ4v) is 2.04. The Bertz CT molecular complexity index is 572. The minimum absolute atomic E-state index is 0.0501. The van der Waals surface area contributed by atoms with Crippen molar-refractivity contribution in [1.82, 2.24) is 5.32 Å². The molecule has 0 saturated heterocycles. The Morgan fingerprint density at radius 2 is 2.00 bits per heavy atom. The molecule has 2 aromatic carbocycles. The van der Waals surface area contributed by atoms with Crippen LogP contribution >= 0.6 is 0 Å². The largest absolute Gasteiger partial charge is 0.457 e. The number of aliphatic hydroxyl groups excluding tert-OH is 1. The highest BCUT2D eigenvalue weighted by Gasteiger charge is 2.06. The van der Waals surface area contributed by atoms with E-state index in [9.17, 15) is 4.39 Å². The first-order chi connectivity index (χ1) is 9.72. The second-order valence-electron chi connectivity index (χ2n) is 4.51. The van der Waals surface area contributed by atoms with Gasteiger partial charge >= 0.3 is 0 Å². The van der Waals surface area contributed by atoms with Crippen molar-refractivity contribution < 1.29 is 14.2 Å². The van der Waals surface area contributed by atoms with Crippen LogP contribution in [0, 0.1) is 5.82 Å². The molecule has 0 amide bonds. The Labute approximate surface area is 118 Å². The van der Waals surface area contributed by atoms with Gasteiger partial charge in [0.25, 0.3) is 0 Å². The van der Waals surface area contributed by atoms with Crippen molar-refractivity contribution in [3.8, 4) is 11.5 Å². The van der Waals surface area contributed by atoms with E-state index in [2.05, 4.69) is 5.32 Å². The maximum Gasteiger partial charge on any atom is 0.130 e. The molecular weight excluding hydrogens is 257 g/mol. The number of nitrogens with one attached hydrogen (secondary N) is 1. The zero-order valence-electron chi connectivity index (χ0n) is 11.4. The van der Waals surface area contributed by atoms with Crippen LogP contribution in [-0.2, 0) is 13.0 Å². The SMILES string of the molecule is CNCc1cc(F)cc(Oc2ccccc2CCO)c1. The number of rotatable bonds is 6. The average molecular weight is 275 g/mol. The van der Waals surface area contributed by atoms with Crippen molar-refractivity contribution in [3.05, 3.63) is 59.4 Å². The van der Waals surface area contributed by atoms with Crippen LogP contribution in [0.3, 0.4) is 0 Å². The topological polar surface area (TPSA) is 41.5 Å². The predicted molar refractivity (Wildman–Crippen MR) is 76.5 cm³/mol. The molecule has 0 aliphatic heterocycles. The lowest BCUT2D eigenvalue weighted by atomic mass is 10.1. The summed E-state index contributed by atoms with van der Waals surface area (Å²) in [5, 5.41) is 12.0. The molecule has 0 radical (unpaired) electrons. The van der Waals surface area contributed by atoms with E-state index < -0.39 is 0 Å². The van der Waals surface area contributed by atoms with E-state index in [1.54, 1.807) is 6.07 Å². The van der Waals surface area contributed by atoms with Crippen LogP contribution in [0.4, 0.5) is 4.39 Å². The molecule has 2 aromatic rings. The second kappa shape index (κ2) is 7.03. The van der Waals surface area contributed by atoms with Crippen LogP contribution in [-0.4, -0.2) is 18.8 Å². The molecule has 106 valence electrons. The summed E-state index contributed by atoms with van der Waals surface area (Å²) in [6, 6.07) is 12.1. The highest BCUT2D eigenvalue weighted by atomic mass is 19.1. The van der Waals surface area contributed by atoms with E-state index in [-0.39, 0.29) is 12.4 Å². The molecule has 0 bridgehead atoms. The van der Waals surface area contributed by atoms with Crippen molar-refractivity contribution in [1.29, 1.82) is 0 Å². The Balaban J connectivity index is 2.25. The summed E-state index contributed by atoms with van der Waals surface area (Å²) >= 11 is 0. The molecule has 0 aliphatic carbocycles. The maximum absolute atomic E-state index is 13.6. The van der Waals surface area contributed by atoms with Gasteiger partial charge in [0.05, 0.1) is 0 Å². The second-order valence-corrected chi connectivity index (χ2v) is 4.51. The van der Waals surface area contributed by atoms with Gasteiger partial charge in [-0.25, -0.2) is 4.39 Å². The standard InChI is InChI=1S/C16H18FNO2/c1-18-11-12-8-14(17)10-15(9-12)20-16-5-3-2-4-13(16)6-7-19/h2-5,8-10,18-19H,6-7,11H2,1H3. The van der Waals surface area contributed by atoms with Crippen molar-refractivity contribution in [2.24, 2.45) is 0 Å². The predicted octanol–water partition coefficient (Wildman–Crippen LogP) is 2.87. The zero-order valence-corrected chi connectivity index (χ0v) is 11.4. The maximum atomic E-state index is 13.6. The van der Waals surface area contributed by atoms with E-state index in [4.69, 9.17) is 9.84 Å². The zero-order chi connectivity index (χ0) is 14.4. The number of para-hydroxylation sites is 1. The van der Waals surface area contributed by atoms with Crippen LogP contribution in [0.1, 0.15) is 11.1 Å². The average Bonchev–Trinajstić information content (AvgIpc) is 2.41. The van der Waals surface area contributed by atoms with Gasteiger partial charge in [-0.1, -0.05) is 18.2 Å². The molecule has 0 atom stereocenters. The van der Waals surface area contributed by atoms with Crippen LogP contribution in [0.15, 0.2) is 42.5 Å². The highest BCUT2D eigenvalue weighted by molar-refractivity contribution is 5.39. The third kappa shape index (κ3) is 3.79. The molecule has 20 heavy (non-hydrogen) atoms. The summed E-state index contributed by atoms with van der Waals surface area (Å²) in [5.74, 6) is 0.774. The van der Waals surface area contributed by atoms with Crippen molar-refractivity contribution in [2.75, 3.05) is 13.7 Å². The summed E-state index contributed by atoms with van der Waals surface area (Å²) in [6.45, 7) is 0.626. The van der Waals surface area contributed by atoms with Crippen molar-refractivity contribution in [2.45, 2.75) is 13.0 Å². The summed E-state index contributed by atoms with van der Waals surface area (Å²) < 4.78 is 19.3. The first kappa shape index (κ1) is 14.5. The fraction of sp³-hybridized carbons (Fsp3) is 0.250. The summed E-state index contributed by atoms with van der Waals surface area (Å²) in [5.41, 5.74) is 1.72. The molecule has 0 aromatic heterocycles. The van der Waals surface area contributed by atoms with E-state index in [1.807, 2.05) is 31.3 Å². The smallest absolute Gasteiger partial charge is 0.130 e. The number of benzene rings is 2. The normalized spacial score (nSPS) is 10.6. The van der Waals surface area contributed by atoms with Crippen molar-refractivity contribution >= 4 is 0 Å². The molecule has 2 N–H and O–H groups in total. The molecule has 0 fully saturated rings. The number of hydrogen-bond donors (Lipinski definition) is 2. The van der Waals surface area contributed by atoms with Gasteiger partial charge in [-0.05, 0) is 42.8 Å². The minimum Gasteiger partial charge on any atom is -0.457 e. The molecule has 0 saturated carbocycles. The Morgan fingerprint density at radius 3 is 2.75 bits per heavy atom. The molecule has 4 heteroatoms. The van der Waals surface area contributed by atoms with Crippen molar-refractivity contribution in [3.63, 3.8) is 0 Å². The molecule has 0 spiro atoms. The van der Waals surface area contributed by atoms with Gasteiger partial charge in [0.1, 0.15) is 17.3 Å². The minimum atomic E-state index is -0.326. The molecule has 0 aliphatic rings. The van der Waals surface area contributed by atoms with Crippen LogP contribution in [0.5, 0.6) is 11.5 Å². The number of aliphatic hydroxyl groups is 1. The van der Waals surface area contributed by atoms with Gasteiger partial charge in [-0.2, -0.15) is 0 Å². The molecule has 0 heterocycles. The lowest BCUT2D eigenvalue weighted by Gasteiger charge is -2.11.